The predicted octanol–water partition coefficient (Wildman–Crippen LogP) is 5.25. The van der Waals surface area contributed by atoms with Gasteiger partial charge in [0.2, 0.25) is 0 Å². The maximum absolute atomic E-state index is 12.8. The number of rotatable bonds is 6. The molecule has 0 saturated heterocycles. The second-order valence-electron chi connectivity index (χ2n) is 7.21. The zero-order valence-electron chi connectivity index (χ0n) is 17.6. The smallest absolute Gasteiger partial charge is 0.255 e. The minimum Gasteiger partial charge on any atom is -0.378 e. The molecule has 0 spiro atoms. The molecule has 32 heavy (non-hydrogen) atoms. The first-order valence-electron chi connectivity index (χ1n) is 9.88. The maximum atomic E-state index is 12.8. The fraction of sp³-hybridized carbons (Fsp3) is 0.0833. The summed E-state index contributed by atoms with van der Waals surface area (Å²) in [6, 6.07) is 18.2. The van der Waals surface area contributed by atoms with Gasteiger partial charge in [-0.2, -0.15) is 0 Å². The van der Waals surface area contributed by atoms with Crippen molar-refractivity contribution in [2.45, 2.75) is 0 Å². The lowest BCUT2D eigenvalue weighted by Crippen LogP contribution is -2.13. The topological polar surface area (TPSA) is 83.0 Å². The van der Waals surface area contributed by atoms with Crippen LogP contribution in [0.5, 0.6) is 0 Å². The minimum atomic E-state index is -0.237. The molecule has 0 unspecified atom stereocenters. The third-order valence-electron chi connectivity index (χ3n) is 4.79. The molecule has 4 aromatic rings. The number of amides is 1. The Morgan fingerprint density at radius 1 is 0.969 bits per heavy atom. The van der Waals surface area contributed by atoms with Crippen LogP contribution >= 0.6 is 11.6 Å². The largest absolute Gasteiger partial charge is 0.378 e. The van der Waals surface area contributed by atoms with Crippen molar-refractivity contribution in [3.8, 4) is 11.3 Å². The van der Waals surface area contributed by atoms with Crippen LogP contribution in [-0.2, 0) is 0 Å². The van der Waals surface area contributed by atoms with Gasteiger partial charge in [-0.1, -0.05) is 11.6 Å². The van der Waals surface area contributed by atoms with Crippen molar-refractivity contribution in [3.63, 3.8) is 0 Å². The Balaban J connectivity index is 1.57. The van der Waals surface area contributed by atoms with E-state index in [2.05, 4.69) is 25.6 Å². The van der Waals surface area contributed by atoms with Gasteiger partial charge in [-0.15, -0.1) is 0 Å². The molecule has 2 N–H and O–H groups in total. The summed E-state index contributed by atoms with van der Waals surface area (Å²) in [5.74, 6) is 0.337. The zero-order valence-corrected chi connectivity index (χ0v) is 18.3. The molecule has 0 radical (unpaired) electrons. The van der Waals surface area contributed by atoms with Gasteiger partial charge in [0.15, 0.2) is 0 Å². The van der Waals surface area contributed by atoms with E-state index in [0.717, 1.165) is 16.9 Å². The highest BCUT2D eigenvalue weighted by atomic mass is 35.5. The normalized spacial score (nSPS) is 10.5. The van der Waals surface area contributed by atoms with E-state index in [4.69, 9.17) is 11.6 Å². The fourth-order valence-corrected chi connectivity index (χ4v) is 3.26. The second-order valence-corrected chi connectivity index (χ2v) is 7.62. The molecule has 0 aliphatic rings. The number of pyridine rings is 1. The molecule has 0 fully saturated rings. The third kappa shape index (κ3) is 4.84. The first-order chi connectivity index (χ1) is 15.5. The Labute approximate surface area is 191 Å². The summed E-state index contributed by atoms with van der Waals surface area (Å²) < 4.78 is 0. The van der Waals surface area contributed by atoms with Crippen LogP contribution in [0.2, 0.25) is 5.02 Å². The molecule has 0 aliphatic carbocycles. The van der Waals surface area contributed by atoms with E-state index in [1.165, 1.54) is 6.33 Å². The van der Waals surface area contributed by atoms with Gasteiger partial charge in [0.1, 0.15) is 12.1 Å². The number of nitrogens with zero attached hydrogens (tertiary/aromatic N) is 4. The number of carbonyl (C=O) groups is 1. The molecule has 2 aromatic carbocycles. The van der Waals surface area contributed by atoms with E-state index in [1.54, 1.807) is 36.7 Å². The highest BCUT2D eigenvalue weighted by molar-refractivity contribution is 6.33. The Hall–Kier alpha value is -3.97. The minimum absolute atomic E-state index is 0.237. The fourth-order valence-electron chi connectivity index (χ4n) is 3.10. The molecule has 0 saturated carbocycles. The molecule has 2 heterocycles. The van der Waals surface area contributed by atoms with Gasteiger partial charge in [-0.05, 0) is 60.7 Å². The summed E-state index contributed by atoms with van der Waals surface area (Å²) in [7, 11) is 3.93. The lowest BCUT2D eigenvalue weighted by atomic mass is 10.1. The van der Waals surface area contributed by atoms with Crippen molar-refractivity contribution in [1.29, 1.82) is 0 Å². The van der Waals surface area contributed by atoms with Crippen LogP contribution in [0.1, 0.15) is 10.4 Å². The van der Waals surface area contributed by atoms with Gasteiger partial charge in [-0.25, -0.2) is 15.0 Å². The number of anilines is 4. The molecule has 4 rings (SSSR count). The van der Waals surface area contributed by atoms with Crippen molar-refractivity contribution in [3.05, 3.63) is 90.0 Å². The number of hydrogen-bond acceptors (Lipinski definition) is 6. The number of hydrogen-bond donors (Lipinski definition) is 2. The van der Waals surface area contributed by atoms with Gasteiger partial charge in [0.25, 0.3) is 5.91 Å². The van der Waals surface area contributed by atoms with Crippen LogP contribution in [0.3, 0.4) is 0 Å². The molecule has 0 aliphatic heterocycles. The molecule has 2 aromatic heterocycles. The number of aromatic nitrogens is 3. The SMILES string of the molecule is CN(C)c1ccc(NC(=O)c2ccc(Cl)c(Nc3ncccc3-c3ccncn3)c2)cc1. The van der Waals surface area contributed by atoms with E-state index >= 15 is 0 Å². The summed E-state index contributed by atoms with van der Waals surface area (Å²) in [6.45, 7) is 0. The lowest BCUT2D eigenvalue weighted by molar-refractivity contribution is 0.102. The average molecular weight is 445 g/mol. The Morgan fingerprint density at radius 3 is 2.50 bits per heavy atom. The van der Waals surface area contributed by atoms with Crippen molar-refractivity contribution in [2.75, 3.05) is 29.6 Å². The Morgan fingerprint density at radius 2 is 1.78 bits per heavy atom. The highest BCUT2D eigenvalue weighted by Crippen LogP contribution is 2.31. The van der Waals surface area contributed by atoms with Gasteiger partial charge in [-0.3, -0.25) is 4.79 Å². The lowest BCUT2D eigenvalue weighted by Gasteiger charge is -2.14. The highest BCUT2D eigenvalue weighted by Gasteiger charge is 2.13. The molecule has 1 amide bonds. The summed E-state index contributed by atoms with van der Waals surface area (Å²) in [5, 5.41) is 6.61. The monoisotopic (exact) mass is 444 g/mol. The molecule has 160 valence electrons. The number of nitrogens with one attached hydrogen (secondary N) is 2. The van der Waals surface area contributed by atoms with Crippen LogP contribution in [0, 0.1) is 0 Å². The van der Waals surface area contributed by atoms with Crippen LogP contribution in [0.25, 0.3) is 11.3 Å². The van der Waals surface area contributed by atoms with E-state index in [0.29, 0.717) is 27.8 Å². The van der Waals surface area contributed by atoms with Gasteiger partial charge < -0.3 is 15.5 Å². The van der Waals surface area contributed by atoms with E-state index in [1.807, 2.05) is 55.4 Å². The van der Waals surface area contributed by atoms with Gasteiger partial charge >= 0.3 is 0 Å². The third-order valence-corrected chi connectivity index (χ3v) is 5.12. The molecular formula is C24H21ClN6O. The van der Waals surface area contributed by atoms with Crippen LogP contribution in [0.4, 0.5) is 22.9 Å². The second kappa shape index (κ2) is 9.45. The van der Waals surface area contributed by atoms with E-state index in [-0.39, 0.29) is 5.91 Å². The average Bonchev–Trinajstić information content (AvgIpc) is 2.81. The first kappa shape index (κ1) is 21.3. The summed E-state index contributed by atoms with van der Waals surface area (Å²) in [5.41, 5.74) is 4.31. The van der Waals surface area contributed by atoms with Crippen LogP contribution in [-0.4, -0.2) is 35.0 Å². The van der Waals surface area contributed by atoms with Crippen molar-refractivity contribution < 1.29 is 4.79 Å². The molecule has 0 atom stereocenters. The van der Waals surface area contributed by atoms with E-state index < -0.39 is 0 Å². The molecule has 0 bridgehead atoms. The predicted molar refractivity (Wildman–Crippen MR) is 129 cm³/mol. The summed E-state index contributed by atoms with van der Waals surface area (Å²) in [6.07, 6.45) is 4.83. The first-order valence-corrected chi connectivity index (χ1v) is 10.3. The Bertz CT molecular complexity index is 1230. The number of benzene rings is 2. The zero-order chi connectivity index (χ0) is 22.5. The van der Waals surface area contributed by atoms with E-state index in [9.17, 15) is 4.79 Å². The van der Waals surface area contributed by atoms with Crippen molar-refractivity contribution >= 4 is 40.4 Å². The molecule has 8 heteroatoms. The van der Waals surface area contributed by atoms with Crippen LogP contribution in [0.15, 0.2) is 79.4 Å². The summed E-state index contributed by atoms with van der Waals surface area (Å²) in [4.78, 5) is 27.5. The quantitative estimate of drug-likeness (QED) is 0.422. The molecular weight excluding hydrogens is 424 g/mol. The van der Waals surface area contributed by atoms with Crippen LogP contribution < -0.4 is 15.5 Å². The number of halogens is 1. The van der Waals surface area contributed by atoms with Gasteiger partial charge in [0, 0.05) is 49.0 Å². The molecule has 7 nitrogen and oxygen atoms in total. The van der Waals surface area contributed by atoms with Gasteiger partial charge in [0.05, 0.1) is 16.4 Å². The maximum Gasteiger partial charge on any atom is 0.255 e. The Kier molecular flexibility index (Phi) is 6.28. The van der Waals surface area contributed by atoms with Crippen molar-refractivity contribution in [1.82, 2.24) is 15.0 Å². The number of carbonyl (C=O) groups excluding carboxylic acids is 1. The summed E-state index contributed by atoms with van der Waals surface area (Å²) >= 11 is 6.40. The van der Waals surface area contributed by atoms with Crippen molar-refractivity contribution in [2.24, 2.45) is 0 Å². The standard InChI is InChI=1S/C24H21ClN6O/c1-31(2)18-8-6-17(7-9-18)29-24(32)16-5-10-20(25)22(14-16)30-23-19(4-3-12-27-23)21-11-13-26-15-28-21/h3-15H,1-2H3,(H,27,30)(H,29,32).